The van der Waals surface area contributed by atoms with Crippen molar-refractivity contribution in [2.24, 2.45) is 0 Å². The monoisotopic (exact) mass is 324 g/mol. The summed E-state index contributed by atoms with van der Waals surface area (Å²) in [7, 11) is 0. The number of hydrogen-bond donors (Lipinski definition) is 1. The van der Waals surface area contributed by atoms with E-state index in [1.54, 1.807) is 31.2 Å². The summed E-state index contributed by atoms with van der Waals surface area (Å²) < 4.78 is 0. The number of carbonyl (C=O) groups excluding carboxylic acids is 2. The number of carbonyl (C=O) groups is 2. The van der Waals surface area contributed by atoms with E-state index in [9.17, 15) is 9.59 Å². The maximum absolute atomic E-state index is 12.9. The standard InChI is InChI=1S/C20H24N2O2/c1-4-19(23)21-18-12-8-11-17(13-18)20(24)22(15(2)3)14-16-9-6-5-7-10-16/h5-13,15H,4,14H2,1-3H3,(H,21,23). The molecule has 4 nitrogen and oxygen atoms in total. The second-order valence-electron chi connectivity index (χ2n) is 5.99. The van der Waals surface area contributed by atoms with Crippen molar-refractivity contribution in [1.82, 2.24) is 4.90 Å². The van der Waals surface area contributed by atoms with Crippen molar-refractivity contribution in [1.29, 1.82) is 0 Å². The lowest BCUT2D eigenvalue weighted by atomic mass is 10.1. The van der Waals surface area contributed by atoms with Crippen molar-refractivity contribution in [2.45, 2.75) is 39.8 Å². The summed E-state index contributed by atoms with van der Waals surface area (Å²) in [5.74, 6) is -0.106. The molecule has 0 aliphatic heterocycles. The summed E-state index contributed by atoms with van der Waals surface area (Å²) in [4.78, 5) is 26.3. The van der Waals surface area contributed by atoms with Crippen molar-refractivity contribution >= 4 is 17.5 Å². The molecule has 4 heteroatoms. The quantitative estimate of drug-likeness (QED) is 0.870. The molecule has 0 spiro atoms. The minimum atomic E-state index is -0.0652. The van der Waals surface area contributed by atoms with Gasteiger partial charge in [-0.3, -0.25) is 9.59 Å². The lowest BCUT2D eigenvalue weighted by molar-refractivity contribution is -0.115. The number of benzene rings is 2. The number of hydrogen-bond acceptors (Lipinski definition) is 2. The number of anilines is 1. The van der Waals surface area contributed by atoms with Crippen LogP contribution in [0.15, 0.2) is 54.6 Å². The van der Waals surface area contributed by atoms with Crippen molar-refractivity contribution in [3.63, 3.8) is 0 Å². The number of amides is 2. The molecule has 2 aromatic carbocycles. The molecule has 0 aromatic heterocycles. The second-order valence-corrected chi connectivity index (χ2v) is 5.99. The SMILES string of the molecule is CCC(=O)Nc1cccc(C(=O)N(Cc2ccccc2)C(C)C)c1. The summed E-state index contributed by atoms with van der Waals surface area (Å²) in [6.07, 6.45) is 0.407. The fourth-order valence-corrected chi connectivity index (χ4v) is 2.41. The van der Waals surface area contributed by atoms with Crippen molar-refractivity contribution < 1.29 is 9.59 Å². The summed E-state index contributed by atoms with van der Waals surface area (Å²) in [6, 6.07) is 17.1. The molecule has 0 atom stereocenters. The summed E-state index contributed by atoms with van der Waals surface area (Å²) >= 11 is 0. The molecule has 0 saturated heterocycles. The lowest BCUT2D eigenvalue weighted by Gasteiger charge is -2.27. The van der Waals surface area contributed by atoms with E-state index in [1.165, 1.54) is 0 Å². The average molecular weight is 324 g/mol. The molecule has 0 fully saturated rings. The molecule has 126 valence electrons. The zero-order valence-corrected chi connectivity index (χ0v) is 14.5. The number of nitrogens with zero attached hydrogens (tertiary/aromatic N) is 1. The van der Waals surface area contributed by atoms with Gasteiger partial charge in [0.05, 0.1) is 0 Å². The van der Waals surface area contributed by atoms with E-state index in [-0.39, 0.29) is 17.9 Å². The van der Waals surface area contributed by atoms with E-state index in [4.69, 9.17) is 0 Å². The smallest absolute Gasteiger partial charge is 0.254 e. The Hall–Kier alpha value is -2.62. The largest absolute Gasteiger partial charge is 0.332 e. The Labute approximate surface area is 143 Å². The van der Waals surface area contributed by atoms with Gasteiger partial charge in [0.15, 0.2) is 0 Å². The highest BCUT2D eigenvalue weighted by Crippen LogP contribution is 2.17. The first-order valence-corrected chi connectivity index (χ1v) is 8.26. The Bertz CT molecular complexity index is 696. The maximum atomic E-state index is 12.9. The van der Waals surface area contributed by atoms with Crippen LogP contribution in [0.5, 0.6) is 0 Å². The number of rotatable bonds is 6. The first-order valence-electron chi connectivity index (χ1n) is 8.26. The molecular formula is C20H24N2O2. The van der Waals surface area contributed by atoms with Crippen LogP contribution >= 0.6 is 0 Å². The van der Waals surface area contributed by atoms with E-state index in [0.29, 0.717) is 24.2 Å². The van der Waals surface area contributed by atoms with Gasteiger partial charge < -0.3 is 10.2 Å². The molecule has 24 heavy (non-hydrogen) atoms. The maximum Gasteiger partial charge on any atom is 0.254 e. The van der Waals surface area contributed by atoms with Crippen molar-refractivity contribution in [3.05, 3.63) is 65.7 Å². The fraction of sp³-hybridized carbons (Fsp3) is 0.300. The van der Waals surface area contributed by atoms with Gasteiger partial charge in [0.25, 0.3) is 5.91 Å². The topological polar surface area (TPSA) is 49.4 Å². The predicted molar refractivity (Wildman–Crippen MR) is 96.8 cm³/mol. The van der Waals surface area contributed by atoms with Gasteiger partial charge >= 0.3 is 0 Å². The minimum Gasteiger partial charge on any atom is -0.332 e. The second kappa shape index (κ2) is 8.29. The Balaban J connectivity index is 2.20. The van der Waals surface area contributed by atoms with Crippen LogP contribution in [0.25, 0.3) is 0 Å². The van der Waals surface area contributed by atoms with Crippen LogP contribution in [-0.2, 0) is 11.3 Å². The average Bonchev–Trinajstić information content (AvgIpc) is 2.60. The van der Waals surface area contributed by atoms with Crippen LogP contribution in [0.3, 0.4) is 0 Å². The Morgan fingerprint density at radius 2 is 1.75 bits per heavy atom. The minimum absolute atomic E-state index is 0.0403. The highest BCUT2D eigenvalue weighted by atomic mass is 16.2. The zero-order chi connectivity index (χ0) is 17.5. The normalized spacial score (nSPS) is 10.5. The van der Waals surface area contributed by atoms with Crippen molar-refractivity contribution in [3.8, 4) is 0 Å². The molecule has 2 rings (SSSR count). The number of nitrogens with one attached hydrogen (secondary N) is 1. The van der Waals surface area contributed by atoms with E-state index in [2.05, 4.69) is 5.32 Å². The Morgan fingerprint density at radius 3 is 2.38 bits per heavy atom. The Morgan fingerprint density at radius 1 is 1.04 bits per heavy atom. The summed E-state index contributed by atoms with van der Waals surface area (Å²) in [5.41, 5.74) is 2.32. The molecule has 2 amide bonds. The summed E-state index contributed by atoms with van der Waals surface area (Å²) in [5, 5.41) is 2.80. The highest BCUT2D eigenvalue weighted by Gasteiger charge is 2.19. The first-order chi connectivity index (χ1) is 11.5. The summed E-state index contributed by atoms with van der Waals surface area (Å²) in [6.45, 7) is 6.36. The van der Waals surface area contributed by atoms with Crippen LogP contribution in [0.1, 0.15) is 43.1 Å². The molecule has 0 aliphatic rings. The lowest BCUT2D eigenvalue weighted by Crippen LogP contribution is -2.36. The van der Waals surface area contributed by atoms with Gasteiger partial charge in [0.1, 0.15) is 0 Å². The van der Waals surface area contributed by atoms with Gasteiger partial charge in [0.2, 0.25) is 5.91 Å². The molecule has 0 unspecified atom stereocenters. The molecule has 0 saturated carbocycles. The van der Waals surface area contributed by atoms with E-state index < -0.39 is 0 Å². The van der Waals surface area contributed by atoms with E-state index >= 15 is 0 Å². The van der Waals surface area contributed by atoms with Crippen LogP contribution < -0.4 is 5.32 Å². The molecule has 0 bridgehead atoms. The highest BCUT2D eigenvalue weighted by molar-refractivity contribution is 5.97. The van der Waals surface area contributed by atoms with Crippen LogP contribution in [0.4, 0.5) is 5.69 Å². The Kier molecular flexibility index (Phi) is 6.13. The van der Waals surface area contributed by atoms with Gasteiger partial charge in [-0.1, -0.05) is 43.3 Å². The van der Waals surface area contributed by atoms with Gasteiger partial charge in [0, 0.05) is 30.3 Å². The molecular weight excluding hydrogens is 300 g/mol. The zero-order valence-electron chi connectivity index (χ0n) is 14.5. The van der Waals surface area contributed by atoms with Crippen LogP contribution in [0, 0.1) is 0 Å². The van der Waals surface area contributed by atoms with Gasteiger partial charge in [-0.05, 0) is 37.6 Å². The first kappa shape index (κ1) is 17.7. The molecule has 0 aliphatic carbocycles. The van der Waals surface area contributed by atoms with Crippen molar-refractivity contribution in [2.75, 3.05) is 5.32 Å². The van der Waals surface area contributed by atoms with Crippen LogP contribution in [-0.4, -0.2) is 22.8 Å². The van der Waals surface area contributed by atoms with E-state index in [1.807, 2.05) is 49.1 Å². The molecule has 1 N–H and O–H groups in total. The third kappa shape index (κ3) is 4.69. The van der Waals surface area contributed by atoms with Crippen LogP contribution in [0.2, 0.25) is 0 Å². The molecule has 2 aromatic rings. The third-order valence-electron chi connectivity index (χ3n) is 3.79. The van der Waals surface area contributed by atoms with E-state index in [0.717, 1.165) is 5.56 Å². The third-order valence-corrected chi connectivity index (χ3v) is 3.79. The molecule has 0 radical (unpaired) electrons. The fourth-order valence-electron chi connectivity index (χ4n) is 2.41. The van der Waals surface area contributed by atoms with Gasteiger partial charge in [-0.15, -0.1) is 0 Å². The predicted octanol–water partition coefficient (Wildman–Crippen LogP) is 4.09. The van der Waals surface area contributed by atoms with Gasteiger partial charge in [-0.2, -0.15) is 0 Å². The van der Waals surface area contributed by atoms with Gasteiger partial charge in [-0.25, -0.2) is 0 Å². The molecule has 0 heterocycles.